The molecule has 548 valence electrons. The molecule has 1 aromatic carbocycles. The third kappa shape index (κ3) is 25.4. The van der Waals surface area contributed by atoms with E-state index in [-0.39, 0.29) is 16.9 Å². The van der Waals surface area contributed by atoms with Crippen LogP contribution < -0.4 is 11.1 Å². The van der Waals surface area contributed by atoms with Crippen molar-refractivity contribution < 1.29 is 5.11 Å². The second kappa shape index (κ2) is 41.3. The second-order valence-electron chi connectivity index (χ2n) is 26.9. The molecule has 13 rings (SSSR count). The summed E-state index contributed by atoms with van der Waals surface area (Å²) in [5, 5.41) is 9.40. The van der Waals surface area contributed by atoms with Crippen molar-refractivity contribution in [2.24, 2.45) is 4.99 Å². The SMILES string of the molecule is Cc1cccnc1CN(CCC1=CN=CC1)Cc1ncccc1-c1ccccc1.Cc1cccnc1CN(CCc1ccc(O)cn1)Cc1ncccc1C.Cc1cccnc1CN(CCc1cccc(=O)[nH]1)Cc1ncccc1C.Cc1cccnc1CN(CCn1ccccc1=O)Cc1ncccc1C. The van der Waals surface area contributed by atoms with Gasteiger partial charge in [-0.1, -0.05) is 91.0 Å². The van der Waals surface area contributed by atoms with E-state index in [2.05, 4.69) is 191 Å². The average Bonchev–Trinajstić information content (AvgIpc) is 1.21. The monoisotopic (exact) mass is 1430 g/mol. The van der Waals surface area contributed by atoms with Crippen LogP contribution >= 0.6 is 0 Å². The minimum Gasteiger partial charge on any atom is -0.506 e. The number of aliphatic imine (C=N–C) groups is 1. The molecule has 107 heavy (non-hydrogen) atoms. The first-order valence-electron chi connectivity index (χ1n) is 36.6. The van der Waals surface area contributed by atoms with Gasteiger partial charge in [-0.2, -0.15) is 0 Å². The molecule has 0 spiro atoms. The van der Waals surface area contributed by atoms with Gasteiger partial charge in [-0.3, -0.25) is 79.0 Å². The Morgan fingerprint density at radius 3 is 1.19 bits per heavy atom. The van der Waals surface area contributed by atoms with Crippen LogP contribution in [0.4, 0.5) is 0 Å². The van der Waals surface area contributed by atoms with E-state index >= 15 is 0 Å². The maximum absolute atomic E-state index is 12.0. The van der Waals surface area contributed by atoms with Gasteiger partial charge in [0.05, 0.1) is 51.7 Å². The summed E-state index contributed by atoms with van der Waals surface area (Å²) >= 11 is 0. The molecular weight excluding hydrogens is 1330 g/mol. The molecule has 0 atom stereocenters. The molecule has 0 unspecified atom stereocenters. The van der Waals surface area contributed by atoms with Gasteiger partial charge in [0, 0.05) is 202 Å². The molecule has 0 radical (unpaired) electrons. The topological polar surface area (TPSA) is 216 Å². The summed E-state index contributed by atoms with van der Waals surface area (Å²) < 4.78 is 1.74. The van der Waals surface area contributed by atoms with Crippen LogP contribution in [0.3, 0.4) is 0 Å². The van der Waals surface area contributed by atoms with Crippen molar-refractivity contribution in [2.75, 3.05) is 26.2 Å². The molecule has 0 saturated heterocycles. The molecule has 19 nitrogen and oxygen atoms in total. The highest BCUT2D eigenvalue weighted by molar-refractivity contribution is 5.66. The minimum absolute atomic E-state index is 0.0236. The summed E-state index contributed by atoms with van der Waals surface area (Å²) in [6, 6.07) is 57.1. The molecule has 19 heteroatoms. The quantitative estimate of drug-likeness (QED) is 0.0446. The van der Waals surface area contributed by atoms with E-state index in [1.807, 2.05) is 141 Å². The highest BCUT2D eigenvalue weighted by atomic mass is 16.3. The maximum Gasteiger partial charge on any atom is 0.250 e. The molecule has 0 bridgehead atoms. The van der Waals surface area contributed by atoms with Crippen LogP contribution in [0.25, 0.3) is 11.1 Å². The lowest BCUT2D eigenvalue weighted by Crippen LogP contribution is -2.31. The summed E-state index contributed by atoms with van der Waals surface area (Å²) in [7, 11) is 0. The number of nitrogens with zero attached hydrogens (tertiary/aromatic N) is 15. The number of aromatic amines is 1. The first kappa shape index (κ1) is 78.1. The Morgan fingerprint density at radius 1 is 0.383 bits per heavy atom. The van der Waals surface area contributed by atoms with Crippen molar-refractivity contribution in [1.82, 2.24) is 74.0 Å². The zero-order valence-corrected chi connectivity index (χ0v) is 62.7. The molecule has 0 saturated carbocycles. The Kier molecular flexibility index (Phi) is 30.1. The molecule has 0 aliphatic carbocycles. The fraction of sp³-hybridized carbons (Fsp3) is 0.273. The Balaban J connectivity index is 0.000000153. The van der Waals surface area contributed by atoms with Gasteiger partial charge < -0.3 is 14.7 Å². The lowest BCUT2D eigenvalue weighted by Gasteiger charge is -2.24. The molecule has 12 aromatic rings. The van der Waals surface area contributed by atoms with Crippen molar-refractivity contribution in [1.29, 1.82) is 0 Å². The predicted octanol–water partition coefficient (Wildman–Crippen LogP) is 14.6. The highest BCUT2D eigenvalue weighted by Crippen LogP contribution is 2.26. The molecule has 11 aromatic heterocycles. The van der Waals surface area contributed by atoms with Gasteiger partial charge in [-0.15, -0.1) is 0 Å². The van der Waals surface area contributed by atoms with Gasteiger partial charge in [0.1, 0.15) is 5.75 Å². The van der Waals surface area contributed by atoms with Crippen molar-refractivity contribution in [3.8, 4) is 16.9 Å². The van der Waals surface area contributed by atoms with Crippen LogP contribution in [0.1, 0.15) is 109 Å². The number of hydrogen-bond donors (Lipinski definition) is 2. The Morgan fingerprint density at radius 2 is 0.785 bits per heavy atom. The number of benzene rings is 1. The number of aromatic hydroxyl groups is 1. The maximum atomic E-state index is 12.0. The largest absolute Gasteiger partial charge is 0.506 e. The Bertz CT molecular complexity index is 4790. The van der Waals surface area contributed by atoms with Gasteiger partial charge in [-0.05, 0) is 178 Å². The fourth-order valence-corrected chi connectivity index (χ4v) is 12.3. The molecule has 1 aliphatic rings. The lowest BCUT2D eigenvalue weighted by atomic mass is 10.0. The summed E-state index contributed by atoms with van der Waals surface area (Å²) in [5.41, 5.74) is 22.6. The van der Waals surface area contributed by atoms with E-state index in [0.717, 1.165) is 161 Å². The summed E-state index contributed by atoms with van der Waals surface area (Å²) in [5.74, 6) is 0.193. The molecule has 0 fully saturated rings. The van der Waals surface area contributed by atoms with Crippen LogP contribution in [0.15, 0.2) is 264 Å². The number of nitrogens with one attached hydrogen (secondary N) is 1. The van der Waals surface area contributed by atoms with E-state index < -0.39 is 0 Å². The number of hydrogen-bond acceptors (Lipinski definition) is 17. The number of rotatable bonds is 29. The highest BCUT2D eigenvalue weighted by Gasteiger charge is 2.19. The summed E-state index contributed by atoms with van der Waals surface area (Å²) in [6.45, 7) is 24.7. The van der Waals surface area contributed by atoms with Crippen molar-refractivity contribution >= 4 is 6.21 Å². The first-order chi connectivity index (χ1) is 52.2. The number of pyridine rings is 11. The first-order valence-corrected chi connectivity index (χ1v) is 36.6. The third-order valence-electron chi connectivity index (χ3n) is 18.8. The van der Waals surface area contributed by atoms with Gasteiger partial charge >= 0.3 is 0 Å². The van der Waals surface area contributed by atoms with Crippen molar-refractivity contribution in [3.05, 3.63) is 366 Å². The summed E-state index contributed by atoms with van der Waals surface area (Å²) in [6.07, 6.45) is 25.6. The van der Waals surface area contributed by atoms with Crippen LogP contribution in [-0.2, 0) is 71.7 Å². The van der Waals surface area contributed by atoms with Gasteiger partial charge in [0.15, 0.2) is 0 Å². The van der Waals surface area contributed by atoms with Gasteiger partial charge in [0.2, 0.25) is 5.56 Å². The van der Waals surface area contributed by atoms with Crippen LogP contribution in [0.2, 0.25) is 0 Å². The fourth-order valence-electron chi connectivity index (χ4n) is 12.3. The van der Waals surface area contributed by atoms with E-state index in [1.54, 1.807) is 28.8 Å². The predicted molar refractivity (Wildman–Crippen MR) is 426 cm³/mol. The second-order valence-corrected chi connectivity index (χ2v) is 26.9. The zero-order chi connectivity index (χ0) is 75.0. The van der Waals surface area contributed by atoms with Crippen LogP contribution in [0, 0.1) is 48.5 Å². The molecule has 1 aliphatic heterocycles. The van der Waals surface area contributed by atoms with E-state index in [4.69, 9.17) is 4.98 Å². The molecule has 12 heterocycles. The van der Waals surface area contributed by atoms with Crippen molar-refractivity contribution in [2.45, 2.75) is 133 Å². The van der Waals surface area contributed by atoms with Crippen LogP contribution in [-0.4, -0.2) is 112 Å². The van der Waals surface area contributed by atoms with Crippen LogP contribution in [0.5, 0.6) is 5.75 Å². The average molecular weight is 1430 g/mol. The Hall–Kier alpha value is -11.5. The van der Waals surface area contributed by atoms with Gasteiger partial charge in [-0.25, -0.2) is 0 Å². The van der Waals surface area contributed by atoms with E-state index in [9.17, 15) is 14.7 Å². The van der Waals surface area contributed by atoms with Crippen molar-refractivity contribution in [3.63, 3.8) is 0 Å². The van der Waals surface area contributed by atoms with Gasteiger partial charge in [0.25, 0.3) is 5.56 Å². The van der Waals surface area contributed by atoms with E-state index in [0.29, 0.717) is 6.54 Å². The van der Waals surface area contributed by atoms with E-state index in [1.165, 1.54) is 67.9 Å². The standard InChI is InChI=1S/C25H26N4.3C21H24N4O/c1-20-7-5-13-27-24(20)18-29(16-12-21-11-15-26-17-21)19-25-23(10-6-14-28-25)22-8-3-2-4-9-22;1-16-6-4-11-22-19(16)14-25(15-20-17(2)7-5-12-23-20)13-10-18-8-3-9-21(26)24-18;1-16-5-3-10-22-20(16)14-25(15-21-17(2)6-4-11-23-21)12-9-18-7-8-19(26)13-24-18;1-17-7-5-10-22-19(17)15-24(16-20-18(2)8-6-11-23-20)13-14-25-12-4-3-9-21(25)26/h2-10,13-15,17H,11-12,16,18-19H2,1H3;3-9,11-12H,10,13-15H2,1-2H3,(H,24,26);3-8,10-11,13,26H,9,12,14-15H2,1-2H3;3-12H,13-16H2,1-2H3. The minimum atomic E-state index is -0.0600. The molecule has 0 amide bonds. The normalized spacial score (nSPS) is 11.6. The molecular formula is C88H98N16O3. The smallest absolute Gasteiger partial charge is 0.250 e. The molecule has 2 N–H and O–H groups in total. The number of H-pyrrole nitrogens is 1. The summed E-state index contributed by atoms with van der Waals surface area (Å²) in [4.78, 5) is 80.9. The lowest BCUT2D eigenvalue weighted by molar-refractivity contribution is 0.238. The number of aryl methyl sites for hydroxylation is 7. The third-order valence-corrected chi connectivity index (χ3v) is 18.8. The zero-order valence-electron chi connectivity index (χ0n) is 62.7. The number of aromatic nitrogens is 11. The Labute approximate surface area is 629 Å².